The number of aliphatic carboxylic acids is 2. The Bertz CT molecular complexity index is 419. The molecule has 0 unspecified atom stereocenters. The fourth-order valence-electron chi connectivity index (χ4n) is 1.54. The average Bonchev–Trinajstić information content (AvgIpc) is 2.66. The number of carbonyl (C=O) groups is 2. The molecule has 1 rings (SSSR count). The van der Waals surface area contributed by atoms with Gasteiger partial charge in [-0.3, -0.25) is 5.10 Å². The molecular weight excluding hydrogens is 240 g/mol. The molecular formula is C11H16N2O5. The van der Waals surface area contributed by atoms with E-state index in [0.717, 1.165) is 0 Å². The molecule has 1 aromatic rings. The van der Waals surface area contributed by atoms with Crippen molar-refractivity contribution in [2.45, 2.75) is 38.4 Å². The monoisotopic (exact) mass is 256 g/mol. The third kappa shape index (κ3) is 3.07. The molecule has 0 radical (unpaired) electrons. The molecule has 0 saturated heterocycles. The zero-order valence-corrected chi connectivity index (χ0v) is 10.4. The summed E-state index contributed by atoms with van der Waals surface area (Å²) in [5.41, 5.74) is -2.86. The van der Waals surface area contributed by atoms with E-state index in [1.54, 1.807) is 20.8 Å². The highest BCUT2D eigenvalue weighted by Gasteiger charge is 2.51. The van der Waals surface area contributed by atoms with Crippen molar-refractivity contribution >= 4 is 11.9 Å². The maximum atomic E-state index is 11.3. The first-order chi connectivity index (χ1) is 8.17. The molecule has 0 spiro atoms. The van der Waals surface area contributed by atoms with Crippen LogP contribution in [0.1, 0.15) is 26.5 Å². The summed E-state index contributed by atoms with van der Waals surface area (Å²) in [6.07, 6.45) is 1.09. The second kappa shape index (κ2) is 4.77. The summed E-state index contributed by atoms with van der Waals surface area (Å²) in [4.78, 5) is 22.7. The van der Waals surface area contributed by atoms with Gasteiger partial charge in [-0.2, -0.15) is 5.10 Å². The van der Waals surface area contributed by atoms with Crippen molar-refractivity contribution in [3.05, 3.63) is 18.0 Å². The number of nitrogens with zero attached hydrogens (tertiary/aromatic N) is 1. The number of aromatic amines is 1. The third-order valence-electron chi connectivity index (χ3n) is 2.17. The SMILES string of the molecule is CC(C)(C)OC(Cc1ccn[nH]1)(C(=O)O)C(=O)O. The second-order valence-electron chi connectivity index (χ2n) is 4.91. The maximum Gasteiger partial charge on any atom is 0.348 e. The van der Waals surface area contributed by atoms with Gasteiger partial charge < -0.3 is 14.9 Å². The molecule has 7 nitrogen and oxygen atoms in total. The summed E-state index contributed by atoms with van der Waals surface area (Å²) in [6, 6.07) is 1.51. The lowest BCUT2D eigenvalue weighted by atomic mass is 9.96. The van der Waals surface area contributed by atoms with Crippen LogP contribution in [0.25, 0.3) is 0 Å². The zero-order valence-electron chi connectivity index (χ0n) is 10.4. The fraction of sp³-hybridized carbons (Fsp3) is 0.545. The van der Waals surface area contributed by atoms with Crippen molar-refractivity contribution < 1.29 is 24.5 Å². The van der Waals surface area contributed by atoms with Crippen LogP contribution in [0.3, 0.4) is 0 Å². The molecule has 3 N–H and O–H groups in total. The first kappa shape index (κ1) is 14.2. The third-order valence-corrected chi connectivity index (χ3v) is 2.17. The predicted octanol–water partition coefficient (Wildman–Crippen LogP) is 0.675. The van der Waals surface area contributed by atoms with Crippen LogP contribution < -0.4 is 0 Å². The summed E-state index contributed by atoms with van der Waals surface area (Å²) < 4.78 is 5.27. The van der Waals surface area contributed by atoms with Crippen molar-refractivity contribution in [2.75, 3.05) is 0 Å². The summed E-state index contributed by atoms with van der Waals surface area (Å²) in [5, 5.41) is 24.6. The second-order valence-corrected chi connectivity index (χ2v) is 4.91. The van der Waals surface area contributed by atoms with Crippen LogP contribution in [-0.2, 0) is 20.7 Å². The smallest absolute Gasteiger partial charge is 0.348 e. The molecule has 1 aromatic heterocycles. The molecule has 1 heterocycles. The van der Waals surface area contributed by atoms with Crippen LogP contribution in [-0.4, -0.2) is 43.6 Å². The number of carboxylic acids is 2. The van der Waals surface area contributed by atoms with Crippen LogP contribution in [0.5, 0.6) is 0 Å². The van der Waals surface area contributed by atoms with Crippen LogP contribution in [0, 0.1) is 0 Å². The molecule has 0 bridgehead atoms. The number of carboxylic acid groups (broad SMARTS) is 2. The Morgan fingerprint density at radius 3 is 2.22 bits per heavy atom. The van der Waals surface area contributed by atoms with Crippen molar-refractivity contribution in [3.8, 4) is 0 Å². The maximum absolute atomic E-state index is 11.3. The number of nitrogens with one attached hydrogen (secondary N) is 1. The highest BCUT2D eigenvalue weighted by Crippen LogP contribution is 2.25. The molecule has 7 heteroatoms. The molecule has 100 valence electrons. The van der Waals surface area contributed by atoms with E-state index in [4.69, 9.17) is 4.74 Å². The first-order valence-corrected chi connectivity index (χ1v) is 5.32. The first-order valence-electron chi connectivity index (χ1n) is 5.32. The van der Waals surface area contributed by atoms with E-state index in [2.05, 4.69) is 10.2 Å². The molecule has 0 saturated carbocycles. The summed E-state index contributed by atoms with van der Waals surface area (Å²) in [5.74, 6) is -3.08. The van der Waals surface area contributed by atoms with E-state index in [-0.39, 0.29) is 6.42 Å². The van der Waals surface area contributed by atoms with Gasteiger partial charge in [-0.15, -0.1) is 0 Å². The topological polar surface area (TPSA) is 113 Å². The Balaban J connectivity index is 3.14. The zero-order chi connectivity index (χ0) is 14.0. The van der Waals surface area contributed by atoms with Gasteiger partial charge in [-0.1, -0.05) is 0 Å². The average molecular weight is 256 g/mol. The van der Waals surface area contributed by atoms with Gasteiger partial charge in [0, 0.05) is 18.3 Å². The largest absolute Gasteiger partial charge is 0.479 e. The van der Waals surface area contributed by atoms with Gasteiger partial charge in [0.15, 0.2) is 0 Å². The normalized spacial score (nSPS) is 12.4. The van der Waals surface area contributed by atoms with Gasteiger partial charge >= 0.3 is 11.9 Å². The molecule has 0 aromatic carbocycles. The highest BCUT2D eigenvalue weighted by atomic mass is 16.6. The van der Waals surface area contributed by atoms with E-state index in [0.29, 0.717) is 5.69 Å². The number of aromatic nitrogens is 2. The molecule has 0 fully saturated rings. The standard InChI is InChI=1S/C11H16N2O5/c1-10(2,3)18-11(8(14)15,9(16)17)6-7-4-5-12-13-7/h4-5H,6H2,1-3H3,(H,12,13)(H,14,15)(H,16,17). The Labute approximate surface area is 104 Å². The Kier molecular flexibility index (Phi) is 3.76. The van der Waals surface area contributed by atoms with Gasteiger partial charge in [0.2, 0.25) is 0 Å². The fourth-order valence-corrected chi connectivity index (χ4v) is 1.54. The number of ether oxygens (including phenoxy) is 1. The summed E-state index contributed by atoms with van der Waals surface area (Å²) >= 11 is 0. The molecule has 0 aliphatic heterocycles. The Morgan fingerprint density at radius 1 is 1.33 bits per heavy atom. The van der Waals surface area contributed by atoms with E-state index >= 15 is 0 Å². The van der Waals surface area contributed by atoms with Gasteiger partial charge in [-0.25, -0.2) is 9.59 Å². The number of H-pyrrole nitrogens is 1. The van der Waals surface area contributed by atoms with Gasteiger partial charge in [-0.05, 0) is 26.8 Å². The Hall–Kier alpha value is -1.89. The molecule has 0 aliphatic carbocycles. The molecule has 0 amide bonds. The summed E-state index contributed by atoms with van der Waals surface area (Å²) in [7, 11) is 0. The quantitative estimate of drug-likeness (QED) is 0.667. The van der Waals surface area contributed by atoms with Crippen LogP contribution in [0.2, 0.25) is 0 Å². The van der Waals surface area contributed by atoms with Crippen molar-refractivity contribution in [2.24, 2.45) is 0 Å². The number of hydrogen-bond acceptors (Lipinski definition) is 4. The minimum absolute atomic E-state index is 0.324. The summed E-state index contributed by atoms with van der Waals surface area (Å²) in [6.45, 7) is 4.79. The van der Waals surface area contributed by atoms with Crippen LogP contribution in [0.15, 0.2) is 12.3 Å². The van der Waals surface area contributed by atoms with E-state index in [9.17, 15) is 19.8 Å². The van der Waals surface area contributed by atoms with E-state index in [1.165, 1.54) is 12.3 Å². The molecule has 0 aliphatic rings. The van der Waals surface area contributed by atoms with Crippen LogP contribution >= 0.6 is 0 Å². The van der Waals surface area contributed by atoms with Gasteiger partial charge in [0.25, 0.3) is 5.60 Å². The van der Waals surface area contributed by atoms with Crippen molar-refractivity contribution in [3.63, 3.8) is 0 Å². The van der Waals surface area contributed by atoms with E-state index in [1.807, 2.05) is 0 Å². The minimum Gasteiger partial charge on any atom is -0.479 e. The Morgan fingerprint density at radius 2 is 1.89 bits per heavy atom. The number of hydrogen-bond donors (Lipinski definition) is 3. The lowest BCUT2D eigenvalue weighted by Crippen LogP contribution is -2.54. The van der Waals surface area contributed by atoms with Gasteiger partial charge in [0.05, 0.1) is 5.60 Å². The van der Waals surface area contributed by atoms with Crippen LogP contribution in [0.4, 0.5) is 0 Å². The van der Waals surface area contributed by atoms with Gasteiger partial charge in [0.1, 0.15) is 0 Å². The minimum atomic E-state index is -2.33. The molecule has 18 heavy (non-hydrogen) atoms. The predicted molar refractivity (Wildman–Crippen MR) is 61.1 cm³/mol. The van der Waals surface area contributed by atoms with E-state index < -0.39 is 23.1 Å². The lowest BCUT2D eigenvalue weighted by molar-refractivity contribution is -0.199. The van der Waals surface area contributed by atoms with Crippen molar-refractivity contribution in [1.82, 2.24) is 10.2 Å². The number of rotatable bonds is 5. The molecule has 0 atom stereocenters. The highest BCUT2D eigenvalue weighted by molar-refractivity contribution is 6.02. The van der Waals surface area contributed by atoms with Crippen molar-refractivity contribution in [1.29, 1.82) is 0 Å². The lowest BCUT2D eigenvalue weighted by Gasteiger charge is -2.32.